The Bertz CT molecular complexity index is 1650. The van der Waals surface area contributed by atoms with E-state index in [1.165, 1.54) is 33.2 Å². The summed E-state index contributed by atoms with van der Waals surface area (Å²) < 4.78 is 24.2. The standard InChI is InChI=1S/C27H32FN5O5/c1-14-7-10-19(18(28)11-14)33-22-20(24(35)32(25(33)36)17-8-9-17)21(15(2)23(34)30(22)6)29-16-12-31(13-16)26(37)38-27(3,4)5/h7,10-11,16-17,29H,8-9,12-13H2,1-6H3. The molecule has 1 N–H and O–H groups in total. The average Bonchev–Trinajstić information content (AvgIpc) is 3.61. The van der Waals surface area contributed by atoms with Crippen LogP contribution in [0.1, 0.15) is 50.8 Å². The summed E-state index contributed by atoms with van der Waals surface area (Å²) in [5, 5.41) is 3.40. The molecule has 3 aromatic rings. The van der Waals surface area contributed by atoms with Gasteiger partial charge in [0.15, 0.2) is 0 Å². The van der Waals surface area contributed by atoms with Crippen LogP contribution >= 0.6 is 0 Å². The number of likely N-dealkylation sites (tertiary alicyclic amines) is 1. The summed E-state index contributed by atoms with van der Waals surface area (Å²) in [6.07, 6.45) is 0.886. The first-order valence-corrected chi connectivity index (χ1v) is 12.7. The fourth-order valence-corrected chi connectivity index (χ4v) is 4.89. The molecule has 10 nitrogen and oxygen atoms in total. The quantitative estimate of drug-likeness (QED) is 0.561. The van der Waals surface area contributed by atoms with Crippen LogP contribution in [0.3, 0.4) is 0 Å². The third-order valence-corrected chi connectivity index (χ3v) is 6.97. The number of hydrogen-bond acceptors (Lipinski definition) is 6. The Balaban J connectivity index is 1.68. The topological polar surface area (TPSA) is 108 Å². The Morgan fingerprint density at radius 2 is 1.74 bits per heavy atom. The van der Waals surface area contributed by atoms with Gasteiger partial charge in [0.2, 0.25) is 0 Å². The predicted molar refractivity (Wildman–Crippen MR) is 142 cm³/mol. The highest BCUT2D eigenvalue weighted by molar-refractivity contribution is 5.91. The van der Waals surface area contributed by atoms with E-state index >= 15 is 4.39 Å². The van der Waals surface area contributed by atoms with Gasteiger partial charge in [0, 0.05) is 31.7 Å². The lowest BCUT2D eigenvalue weighted by molar-refractivity contribution is 0.0105. The molecule has 1 amide bonds. The van der Waals surface area contributed by atoms with Crippen molar-refractivity contribution < 1.29 is 13.9 Å². The predicted octanol–water partition coefficient (Wildman–Crippen LogP) is 2.97. The lowest BCUT2D eigenvalue weighted by Crippen LogP contribution is -2.58. The number of benzene rings is 1. The zero-order valence-electron chi connectivity index (χ0n) is 22.4. The van der Waals surface area contributed by atoms with Crippen molar-refractivity contribution in [3.8, 4) is 5.69 Å². The highest BCUT2D eigenvalue weighted by atomic mass is 19.1. The van der Waals surface area contributed by atoms with Crippen molar-refractivity contribution >= 4 is 22.8 Å². The Morgan fingerprint density at radius 1 is 1.08 bits per heavy atom. The number of ether oxygens (including phenoxy) is 1. The SMILES string of the molecule is Cc1ccc(-n2c(=O)n(C3CC3)c(=O)c3c(NC4CN(C(=O)OC(C)(C)C)C4)c(C)c(=O)n(C)c32)c(F)c1. The number of hydrogen-bond donors (Lipinski definition) is 1. The first kappa shape index (κ1) is 25.7. The maximum absolute atomic E-state index is 15.2. The normalized spacial score (nSPS) is 16.0. The van der Waals surface area contributed by atoms with Crippen molar-refractivity contribution in [2.24, 2.45) is 7.05 Å². The minimum Gasteiger partial charge on any atom is -0.444 e. The van der Waals surface area contributed by atoms with Crippen LogP contribution in [0.5, 0.6) is 0 Å². The third-order valence-electron chi connectivity index (χ3n) is 6.97. The van der Waals surface area contributed by atoms with Gasteiger partial charge in [0.1, 0.15) is 22.5 Å². The second-order valence-corrected chi connectivity index (χ2v) is 11.3. The summed E-state index contributed by atoms with van der Waals surface area (Å²) in [5.74, 6) is -0.635. The number of pyridine rings is 1. The van der Waals surface area contributed by atoms with E-state index < -0.39 is 34.3 Å². The molecular formula is C27H32FN5O5. The van der Waals surface area contributed by atoms with Crippen molar-refractivity contribution in [2.45, 2.75) is 65.1 Å². The first-order chi connectivity index (χ1) is 17.8. The molecule has 1 saturated heterocycles. The van der Waals surface area contributed by atoms with Crippen LogP contribution < -0.4 is 22.1 Å². The number of nitrogens with one attached hydrogen (secondary N) is 1. The van der Waals surface area contributed by atoms with Crippen molar-refractivity contribution in [3.63, 3.8) is 0 Å². The lowest BCUT2D eigenvalue weighted by Gasteiger charge is -2.40. The molecular weight excluding hydrogens is 493 g/mol. The number of anilines is 1. The van der Waals surface area contributed by atoms with Crippen molar-refractivity contribution in [1.82, 2.24) is 18.6 Å². The minimum atomic E-state index is -0.683. The summed E-state index contributed by atoms with van der Waals surface area (Å²) in [7, 11) is 1.47. The number of carbonyl (C=O) groups is 1. The van der Waals surface area contributed by atoms with Gasteiger partial charge in [-0.1, -0.05) is 6.07 Å². The second kappa shape index (κ2) is 8.85. The van der Waals surface area contributed by atoms with E-state index in [2.05, 4.69) is 5.32 Å². The zero-order chi connectivity index (χ0) is 27.7. The van der Waals surface area contributed by atoms with Crippen molar-refractivity contribution in [2.75, 3.05) is 18.4 Å². The van der Waals surface area contributed by atoms with E-state index in [-0.39, 0.29) is 34.5 Å². The van der Waals surface area contributed by atoms with E-state index in [0.29, 0.717) is 37.1 Å². The van der Waals surface area contributed by atoms with Gasteiger partial charge in [-0.3, -0.25) is 18.7 Å². The van der Waals surface area contributed by atoms with Gasteiger partial charge in [-0.2, -0.15) is 0 Å². The molecule has 2 aromatic heterocycles. The number of aryl methyl sites for hydroxylation is 2. The summed E-state index contributed by atoms with van der Waals surface area (Å²) in [6, 6.07) is 3.94. The van der Waals surface area contributed by atoms with Gasteiger partial charge in [0.05, 0.1) is 17.4 Å². The minimum absolute atomic E-state index is 0.0149. The molecule has 0 atom stereocenters. The fraction of sp³-hybridized carbons (Fsp3) is 0.481. The molecule has 0 unspecified atom stereocenters. The molecule has 3 heterocycles. The lowest BCUT2D eigenvalue weighted by atomic mass is 10.1. The Morgan fingerprint density at radius 3 is 2.32 bits per heavy atom. The van der Waals surface area contributed by atoms with Crippen LogP contribution in [-0.4, -0.2) is 49.4 Å². The molecule has 2 aliphatic rings. The van der Waals surface area contributed by atoms with E-state index in [0.717, 1.165) is 4.57 Å². The molecule has 2 fully saturated rings. The molecule has 1 aliphatic carbocycles. The molecule has 5 rings (SSSR count). The number of nitrogens with zero attached hydrogens (tertiary/aromatic N) is 4. The number of aromatic nitrogens is 3. The number of carbonyl (C=O) groups excluding carboxylic acids is 1. The zero-order valence-corrected chi connectivity index (χ0v) is 22.4. The Kier molecular flexibility index (Phi) is 6.00. The molecule has 1 aliphatic heterocycles. The number of rotatable bonds is 4. The largest absolute Gasteiger partial charge is 0.444 e. The van der Waals surface area contributed by atoms with Crippen LogP contribution in [-0.2, 0) is 11.8 Å². The van der Waals surface area contributed by atoms with Gasteiger partial charge in [-0.15, -0.1) is 0 Å². The molecule has 11 heteroatoms. The Labute approximate surface area is 218 Å². The van der Waals surface area contributed by atoms with E-state index in [9.17, 15) is 19.2 Å². The molecule has 0 radical (unpaired) electrons. The van der Waals surface area contributed by atoms with Gasteiger partial charge < -0.3 is 15.0 Å². The molecule has 0 spiro atoms. The molecule has 0 bridgehead atoms. The number of amides is 1. The maximum Gasteiger partial charge on any atom is 0.410 e. The molecule has 1 aromatic carbocycles. The summed E-state index contributed by atoms with van der Waals surface area (Å²) in [6.45, 7) is 9.34. The van der Waals surface area contributed by atoms with Crippen LogP contribution in [0.15, 0.2) is 32.6 Å². The summed E-state index contributed by atoms with van der Waals surface area (Å²) in [5.41, 5.74) is -1.03. The van der Waals surface area contributed by atoms with E-state index in [1.807, 2.05) is 0 Å². The molecule has 38 heavy (non-hydrogen) atoms. The third kappa shape index (κ3) is 4.29. The van der Waals surface area contributed by atoms with Crippen LogP contribution in [0, 0.1) is 19.7 Å². The number of fused-ring (bicyclic) bond motifs is 1. The molecule has 1 saturated carbocycles. The molecule has 202 valence electrons. The van der Waals surface area contributed by atoms with Crippen molar-refractivity contribution in [3.05, 3.63) is 66.3 Å². The van der Waals surface area contributed by atoms with Crippen molar-refractivity contribution in [1.29, 1.82) is 0 Å². The van der Waals surface area contributed by atoms with Gasteiger partial charge in [-0.25, -0.2) is 18.5 Å². The van der Waals surface area contributed by atoms with Gasteiger partial charge in [0.25, 0.3) is 11.1 Å². The van der Waals surface area contributed by atoms with Gasteiger partial charge >= 0.3 is 11.8 Å². The Hall–Kier alpha value is -3.89. The summed E-state index contributed by atoms with van der Waals surface area (Å²) in [4.78, 5) is 54.7. The number of halogens is 1. The smallest absolute Gasteiger partial charge is 0.410 e. The monoisotopic (exact) mass is 525 g/mol. The second-order valence-electron chi connectivity index (χ2n) is 11.3. The van der Waals surface area contributed by atoms with Crippen LogP contribution in [0.2, 0.25) is 0 Å². The highest BCUT2D eigenvalue weighted by Crippen LogP contribution is 2.34. The fourth-order valence-electron chi connectivity index (χ4n) is 4.89. The maximum atomic E-state index is 15.2. The summed E-state index contributed by atoms with van der Waals surface area (Å²) >= 11 is 0. The van der Waals surface area contributed by atoms with E-state index in [4.69, 9.17) is 4.74 Å². The highest BCUT2D eigenvalue weighted by Gasteiger charge is 2.36. The van der Waals surface area contributed by atoms with Crippen LogP contribution in [0.4, 0.5) is 14.9 Å². The first-order valence-electron chi connectivity index (χ1n) is 12.7. The average molecular weight is 526 g/mol. The van der Waals surface area contributed by atoms with Crippen LogP contribution in [0.25, 0.3) is 16.7 Å². The van der Waals surface area contributed by atoms with Gasteiger partial charge in [-0.05, 0) is 65.2 Å². The van der Waals surface area contributed by atoms with E-state index in [1.54, 1.807) is 40.7 Å².